The summed E-state index contributed by atoms with van der Waals surface area (Å²) >= 11 is 0. The van der Waals surface area contributed by atoms with Crippen LogP contribution in [0.25, 0.3) is 0 Å². The van der Waals surface area contributed by atoms with Crippen molar-refractivity contribution in [3.8, 4) is 0 Å². The lowest BCUT2D eigenvalue weighted by atomic mass is 9.79. The maximum absolute atomic E-state index is 9.92. The van der Waals surface area contributed by atoms with Gasteiger partial charge in [0.05, 0.1) is 18.3 Å². The van der Waals surface area contributed by atoms with E-state index in [-0.39, 0.29) is 12.1 Å². The molecule has 21 heavy (non-hydrogen) atoms. The van der Waals surface area contributed by atoms with E-state index in [1.54, 1.807) is 0 Å². The molecule has 1 aliphatic carbocycles. The molecule has 4 nitrogen and oxygen atoms in total. The number of rotatable bonds is 6. The molecule has 1 aromatic rings. The molecule has 0 radical (unpaired) electrons. The molecule has 1 aliphatic rings. The lowest BCUT2D eigenvalue weighted by Gasteiger charge is -2.41. The zero-order valence-corrected chi connectivity index (χ0v) is 14.1. The molecule has 0 bridgehead atoms. The van der Waals surface area contributed by atoms with Gasteiger partial charge in [0.15, 0.2) is 0 Å². The van der Waals surface area contributed by atoms with Crippen LogP contribution in [0.15, 0.2) is 0 Å². The first-order valence-corrected chi connectivity index (χ1v) is 8.47. The Morgan fingerprint density at radius 1 is 1.38 bits per heavy atom. The zero-order chi connectivity index (χ0) is 15.5. The molecule has 1 fully saturated rings. The molecule has 2 unspecified atom stereocenters. The highest BCUT2D eigenvalue weighted by molar-refractivity contribution is 5.25. The number of aliphatic hydroxyl groups excluding tert-OH is 1. The van der Waals surface area contributed by atoms with Gasteiger partial charge in [-0.25, -0.2) is 0 Å². The minimum Gasteiger partial charge on any atom is -0.394 e. The Morgan fingerprint density at radius 2 is 2.14 bits per heavy atom. The van der Waals surface area contributed by atoms with E-state index >= 15 is 0 Å². The summed E-state index contributed by atoms with van der Waals surface area (Å²) in [6.07, 6.45) is 6.52. The summed E-state index contributed by atoms with van der Waals surface area (Å²) in [6, 6.07) is 0.411. The van der Waals surface area contributed by atoms with E-state index in [1.807, 2.05) is 0 Å². The highest BCUT2D eigenvalue weighted by atomic mass is 16.3. The van der Waals surface area contributed by atoms with Crippen LogP contribution in [-0.4, -0.2) is 33.6 Å². The van der Waals surface area contributed by atoms with Crippen LogP contribution < -0.4 is 5.32 Å². The third-order valence-electron chi connectivity index (χ3n) is 5.05. The van der Waals surface area contributed by atoms with E-state index in [0.717, 1.165) is 44.3 Å². The first-order chi connectivity index (χ1) is 10.1. The van der Waals surface area contributed by atoms with Crippen LogP contribution in [0.5, 0.6) is 0 Å². The molecule has 1 aromatic heterocycles. The molecule has 120 valence electrons. The van der Waals surface area contributed by atoms with E-state index in [2.05, 4.69) is 37.7 Å². The second kappa shape index (κ2) is 6.93. The van der Waals surface area contributed by atoms with E-state index < -0.39 is 0 Å². The molecule has 0 spiro atoms. The number of aliphatic hydroxyl groups is 1. The molecule has 0 amide bonds. The van der Waals surface area contributed by atoms with Crippen LogP contribution in [0.1, 0.15) is 68.9 Å². The predicted molar refractivity (Wildman–Crippen MR) is 86.7 cm³/mol. The maximum Gasteiger partial charge on any atom is 0.0628 e. The van der Waals surface area contributed by atoms with Crippen LogP contribution in [0, 0.1) is 13.8 Å². The van der Waals surface area contributed by atoms with Crippen molar-refractivity contribution in [2.24, 2.45) is 0 Å². The highest BCUT2D eigenvalue weighted by Crippen LogP contribution is 2.36. The van der Waals surface area contributed by atoms with Crippen LogP contribution in [-0.2, 0) is 6.42 Å². The van der Waals surface area contributed by atoms with Gasteiger partial charge in [0.1, 0.15) is 0 Å². The van der Waals surface area contributed by atoms with Crippen LogP contribution in [0.4, 0.5) is 0 Å². The van der Waals surface area contributed by atoms with E-state index in [9.17, 15) is 5.11 Å². The summed E-state index contributed by atoms with van der Waals surface area (Å²) in [5, 5.41) is 18.3. The number of nitrogens with zero attached hydrogens (tertiary/aromatic N) is 2. The molecule has 0 saturated heterocycles. The average Bonchev–Trinajstić information content (AvgIpc) is 2.79. The Balaban J connectivity index is 2.20. The molecule has 1 saturated carbocycles. The summed E-state index contributed by atoms with van der Waals surface area (Å²) in [7, 11) is 0. The van der Waals surface area contributed by atoms with Gasteiger partial charge in [0, 0.05) is 11.2 Å². The minimum atomic E-state index is -0.113. The van der Waals surface area contributed by atoms with Crippen molar-refractivity contribution in [1.29, 1.82) is 0 Å². The molecule has 2 atom stereocenters. The van der Waals surface area contributed by atoms with Gasteiger partial charge < -0.3 is 10.4 Å². The van der Waals surface area contributed by atoms with Crippen LogP contribution in [0.3, 0.4) is 0 Å². The molecule has 1 heterocycles. The standard InChI is InChI=1S/C17H31N3O/c1-5-10-18-17(12-21)9-7-8-15(11-17)20-14(4)16(6-2)13(3)19-20/h15,18,21H,5-12H2,1-4H3. The Labute approximate surface area is 128 Å². The fourth-order valence-electron chi connectivity index (χ4n) is 3.85. The van der Waals surface area contributed by atoms with Crippen molar-refractivity contribution < 1.29 is 5.11 Å². The number of nitrogens with one attached hydrogen (secondary N) is 1. The minimum absolute atomic E-state index is 0.113. The van der Waals surface area contributed by atoms with Gasteiger partial charge >= 0.3 is 0 Å². The molecule has 4 heteroatoms. The van der Waals surface area contributed by atoms with E-state index in [0.29, 0.717) is 6.04 Å². The Kier molecular flexibility index (Phi) is 5.44. The molecule has 0 aromatic carbocycles. The Bertz CT molecular complexity index is 469. The summed E-state index contributed by atoms with van der Waals surface area (Å²) in [5.41, 5.74) is 3.75. The van der Waals surface area contributed by atoms with Gasteiger partial charge in [-0.3, -0.25) is 4.68 Å². The fourth-order valence-corrected chi connectivity index (χ4v) is 3.85. The largest absolute Gasteiger partial charge is 0.394 e. The SMILES string of the molecule is CCCNC1(CO)CCCC(n2nc(C)c(CC)c2C)C1. The van der Waals surface area contributed by atoms with Gasteiger partial charge in [0.2, 0.25) is 0 Å². The topological polar surface area (TPSA) is 50.1 Å². The zero-order valence-electron chi connectivity index (χ0n) is 14.1. The Morgan fingerprint density at radius 3 is 2.71 bits per heavy atom. The summed E-state index contributed by atoms with van der Waals surface area (Å²) < 4.78 is 2.23. The van der Waals surface area contributed by atoms with Gasteiger partial charge in [-0.2, -0.15) is 5.10 Å². The smallest absolute Gasteiger partial charge is 0.0628 e. The van der Waals surface area contributed by atoms with Crippen molar-refractivity contribution in [3.05, 3.63) is 17.0 Å². The highest BCUT2D eigenvalue weighted by Gasteiger charge is 2.37. The molecule has 2 N–H and O–H groups in total. The fraction of sp³-hybridized carbons (Fsp3) is 0.824. The monoisotopic (exact) mass is 293 g/mol. The predicted octanol–water partition coefficient (Wildman–Crippen LogP) is 2.91. The van der Waals surface area contributed by atoms with Gasteiger partial charge in [0.25, 0.3) is 0 Å². The number of aryl methyl sites for hydroxylation is 1. The van der Waals surface area contributed by atoms with Crippen molar-refractivity contribution in [3.63, 3.8) is 0 Å². The van der Waals surface area contributed by atoms with Crippen molar-refractivity contribution >= 4 is 0 Å². The maximum atomic E-state index is 9.92. The van der Waals surface area contributed by atoms with E-state index in [4.69, 9.17) is 5.10 Å². The lowest BCUT2D eigenvalue weighted by molar-refractivity contribution is 0.0940. The Hall–Kier alpha value is -0.870. The van der Waals surface area contributed by atoms with Crippen molar-refractivity contribution in [2.45, 2.75) is 77.8 Å². The van der Waals surface area contributed by atoms with Crippen molar-refractivity contribution in [2.75, 3.05) is 13.2 Å². The van der Waals surface area contributed by atoms with Crippen LogP contribution >= 0.6 is 0 Å². The third-order valence-corrected chi connectivity index (χ3v) is 5.05. The number of hydrogen-bond acceptors (Lipinski definition) is 3. The third kappa shape index (κ3) is 3.32. The summed E-state index contributed by atoms with van der Waals surface area (Å²) in [5.74, 6) is 0. The molecular weight excluding hydrogens is 262 g/mol. The number of aromatic nitrogens is 2. The normalized spacial score (nSPS) is 26.2. The summed E-state index contributed by atoms with van der Waals surface area (Å²) in [6.45, 7) is 9.87. The molecule has 0 aliphatic heterocycles. The quantitative estimate of drug-likeness (QED) is 0.848. The first-order valence-electron chi connectivity index (χ1n) is 8.47. The summed E-state index contributed by atoms with van der Waals surface area (Å²) in [4.78, 5) is 0. The number of hydrogen-bond donors (Lipinski definition) is 2. The van der Waals surface area contributed by atoms with Gasteiger partial charge in [-0.1, -0.05) is 13.8 Å². The van der Waals surface area contributed by atoms with Crippen molar-refractivity contribution in [1.82, 2.24) is 15.1 Å². The average molecular weight is 293 g/mol. The lowest BCUT2D eigenvalue weighted by Crippen LogP contribution is -2.52. The van der Waals surface area contributed by atoms with Crippen LogP contribution in [0.2, 0.25) is 0 Å². The molecule has 2 rings (SSSR count). The second-order valence-corrected chi connectivity index (χ2v) is 6.56. The van der Waals surface area contributed by atoms with E-state index in [1.165, 1.54) is 17.7 Å². The second-order valence-electron chi connectivity index (χ2n) is 6.56. The first kappa shape index (κ1) is 16.5. The molecular formula is C17H31N3O. The van der Waals surface area contributed by atoms with Gasteiger partial charge in [-0.15, -0.1) is 0 Å². The van der Waals surface area contributed by atoms with Gasteiger partial charge in [-0.05, 0) is 64.5 Å².